The summed E-state index contributed by atoms with van der Waals surface area (Å²) in [5.41, 5.74) is 2.72. The van der Waals surface area contributed by atoms with Gasteiger partial charge < -0.3 is 0 Å². The van der Waals surface area contributed by atoms with Crippen molar-refractivity contribution in [3.8, 4) is 0 Å². The number of fused-ring (bicyclic) bond motifs is 1. The molecule has 2 saturated heterocycles. The number of piperidine rings is 1. The van der Waals surface area contributed by atoms with E-state index in [2.05, 4.69) is 68.6 Å². The van der Waals surface area contributed by atoms with Crippen LogP contribution < -0.4 is 10.3 Å². The average Bonchev–Trinajstić information content (AvgIpc) is 3.18. The molecule has 7 heteroatoms. The summed E-state index contributed by atoms with van der Waals surface area (Å²) >= 11 is 3.52. The molecule has 0 saturated carbocycles. The van der Waals surface area contributed by atoms with Crippen molar-refractivity contribution in [2.24, 2.45) is 0 Å². The number of imide groups is 1. The van der Waals surface area contributed by atoms with Crippen LogP contribution in [-0.4, -0.2) is 41.1 Å². The molecule has 2 fully saturated rings. The van der Waals surface area contributed by atoms with Crippen molar-refractivity contribution in [1.82, 2.24) is 14.9 Å². The molecule has 1 N–H and O–H groups in total. The molecule has 2 aromatic carbocycles. The van der Waals surface area contributed by atoms with E-state index in [1.807, 2.05) is 12.4 Å². The Bertz CT molecular complexity index is 1120. The number of likely N-dealkylation sites (tertiary alicyclic amines) is 1. The Morgan fingerprint density at radius 1 is 0.935 bits per heavy atom. The van der Waals surface area contributed by atoms with Crippen LogP contribution in [0.1, 0.15) is 36.3 Å². The molecular weight excluding hydrogens is 456 g/mol. The number of urea groups is 1. The van der Waals surface area contributed by atoms with Gasteiger partial charge in [0, 0.05) is 40.6 Å². The van der Waals surface area contributed by atoms with Crippen LogP contribution in [0.2, 0.25) is 0 Å². The Labute approximate surface area is 189 Å². The second kappa shape index (κ2) is 8.48. The van der Waals surface area contributed by atoms with Crippen LogP contribution in [-0.2, 0) is 11.3 Å². The number of carbonyl (C=O) groups excluding carboxylic acids is 2. The van der Waals surface area contributed by atoms with Crippen LogP contribution in [0, 0.1) is 0 Å². The van der Waals surface area contributed by atoms with Gasteiger partial charge in [-0.1, -0.05) is 40.2 Å². The maximum Gasteiger partial charge on any atom is 0.343 e. The number of amides is 3. The number of rotatable bonds is 4. The van der Waals surface area contributed by atoms with Crippen molar-refractivity contribution in [2.45, 2.75) is 31.7 Å². The summed E-state index contributed by atoms with van der Waals surface area (Å²) in [6, 6.07) is 14.9. The number of hydrogen-bond acceptors (Lipinski definition) is 3. The van der Waals surface area contributed by atoms with Crippen molar-refractivity contribution in [3.05, 3.63) is 70.5 Å². The monoisotopic (exact) mass is 480 g/mol. The molecule has 2 aliphatic heterocycles. The van der Waals surface area contributed by atoms with Gasteiger partial charge in [-0.25, -0.2) is 9.80 Å². The summed E-state index contributed by atoms with van der Waals surface area (Å²) < 4.78 is 2.92. The minimum Gasteiger partial charge on any atom is -0.299 e. The Hall–Kier alpha value is -2.64. The van der Waals surface area contributed by atoms with E-state index < -0.39 is 0 Å². The maximum absolute atomic E-state index is 12.1. The number of hydrogen-bond donors (Lipinski definition) is 1. The highest BCUT2D eigenvalue weighted by Gasteiger charge is 2.24. The van der Waals surface area contributed by atoms with Crippen LogP contribution in [0.15, 0.2) is 59.3 Å². The summed E-state index contributed by atoms with van der Waals surface area (Å²) in [4.78, 5) is 26.0. The van der Waals surface area contributed by atoms with E-state index in [0.29, 0.717) is 18.9 Å². The minimum atomic E-state index is -0.370. The highest BCUT2D eigenvalue weighted by molar-refractivity contribution is 9.10. The molecule has 0 radical (unpaired) electrons. The SMILES string of the molecule is O=C1CCN(n2cc3ccc(CN4CCC(c5ccc(Br)cc5)CC4)cc3c2)C(=O)N1. The first-order chi connectivity index (χ1) is 15.0. The first-order valence-electron chi connectivity index (χ1n) is 10.8. The van der Waals surface area contributed by atoms with Gasteiger partial charge in [-0.3, -0.25) is 19.7 Å². The fourth-order valence-corrected chi connectivity index (χ4v) is 4.87. The average molecular weight is 481 g/mol. The molecule has 3 heterocycles. The normalized spacial score (nSPS) is 18.5. The van der Waals surface area contributed by atoms with E-state index in [-0.39, 0.29) is 11.9 Å². The fraction of sp³-hybridized carbons (Fsp3) is 0.333. The van der Waals surface area contributed by atoms with Gasteiger partial charge in [-0.05, 0) is 61.2 Å². The molecular formula is C24H25BrN4O2. The maximum atomic E-state index is 12.1. The standard InChI is InChI=1S/C24H25BrN4O2/c25-22-5-3-18(4-6-22)19-7-10-27(11-8-19)14-17-1-2-20-15-28(16-21(20)13-17)29-12-9-23(30)26-24(29)31/h1-6,13,15-16,19H,7-12,14H2,(H,26,30,31). The number of benzene rings is 2. The topological polar surface area (TPSA) is 57.6 Å². The van der Waals surface area contributed by atoms with E-state index in [9.17, 15) is 9.59 Å². The number of nitrogens with zero attached hydrogens (tertiary/aromatic N) is 3. The molecule has 0 spiro atoms. The number of nitrogens with one attached hydrogen (secondary N) is 1. The molecule has 6 nitrogen and oxygen atoms in total. The number of halogens is 1. The smallest absolute Gasteiger partial charge is 0.299 e. The number of carbonyl (C=O) groups is 2. The zero-order chi connectivity index (χ0) is 21.4. The molecule has 0 aliphatic carbocycles. The second-order valence-corrected chi connectivity index (χ2v) is 9.35. The lowest BCUT2D eigenvalue weighted by Crippen LogP contribution is -2.54. The van der Waals surface area contributed by atoms with Crippen LogP contribution in [0.25, 0.3) is 10.8 Å². The molecule has 0 bridgehead atoms. The molecule has 0 atom stereocenters. The molecule has 2 aliphatic rings. The number of aromatic nitrogens is 1. The Morgan fingerprint density at radius 3 is 2.42 bits per heavy atom. The Kier molecular flexibility index (Phi) is 5.54. The first kappa shape index (κ1) is 20.3. The highest BCUT2D eigenvalue weighted by atomic mass is 79.9. The lowest BCUT2D eigenvalue weighted by Gasteiger charge is -2.32. The zero-order valence-electron chi connectivity index (χ0n) is 17.3. The van der Waals surface area contributed by atoms with E-state index in [1.54, 1.807) is 9.69 Å². The molecule has 3 amide bonds. The first-order valence-corrected chi connectivity index (χ1v) is 11.5. The summed E-state index contributed by atoms with van der Waals surface area (Å²) in [6.07, 6.45) is 6.60. The van der Waals surface area contributed by atoms with Crippen LogP contribution in [0.3, 0.4) is 0 Å². The van der Waals surface area contributed by atoms with Gasteiger partial charge in [0.2, 0.25) is 5.91 Å². The van der Waals surface area contributed by atoms with Gasteiger partial charge in [-0.15, -0.1) is 0 Å². The van der Waals surface area contributed by atoms with E-state index in [0.717, 1.165) is 34.9 Å². The largest absolute Gasteiger partial charge is 0.343 e. The zero-order valence-corrected chi connectivity index (χ0v) is 18.8. The third kappa shape index (κ3) is 4.38. The highest BCUT2D eigenvalue weighted by Crippen LogP contribution is 2.30. The molecule has 160 valence electrons. The molecule has 31 heavy (non-hydrogen) atoms. The Balaban J connectivity index is 1.23. The molecule has 5 rings (SSSR count). The minimum absolute atomic E-state index is 0.218. The lowest BCUT2D eigenvalue weighted by molar-refractivity contribution is -0.120. The predicted octanol–water partition coefficient (Wildman–Crippen LogP) is 4.36. The lowest BCUT2D eigenvalue weighted by atomic mass is 9.89. The van der Waals surface area contributed by atoms with Crippen molar-refractivity contribution in [1.29, 1.82) is 0 Å². The van der Waals surface area contributed by atoms with Gasteiger partial charge in [0.15, 0.2) is 0 Å². The summed E-state index contributed by atoms with van der Waals surface area (Å²) in [6.45, 7) is 3.53. The fourth-order valence-electron chi connectivity index (χ4n) is 4.61. The van der Waals surface area contributed by atoms with Gasteiger partial charge in [-0.2, -0.15) is 0 Å². The van der Waals surface area contributed by atoms with Gasteiger partial charge >= 0.3 is 6.03 Å². The van der Waals surface area contributed by atoms with E-state index >= 15 is 0 Å². The molecule has 3 aromatic rings. The quantitative estimate of drug-likeness (QED) is 0.603. The third-order valence-corrected chi connectivity index (χ3v) is 6.87. The van der Waals surface area contributed by atoms with Gasteiger partial charge in [0.05, 0.1) is 6.54 Å². The van der Waals surface area contributed by atoms with Crippen LogP contribution >= 0.6 is 15.9 Å². The Morgan fingerprint density at radius 2 is 1.68 bits per heavy atom. The third-order valence-electron chi connectivity index (χ3n) is 6.34. The van der Waals surface area contributed by atoms with Crippen molar-refractivity contribution >= 4 is 38.6 Å². The van der Waals surface area contributed by atoms with Gasteiger partial charge in [0.25, 0.3) is 0 Å². The van der Waals surface area contributed by atoms with Crippen molar-refractivity contribution in [3.63, 3.8) is 0 Å². The van der Waals surface area contributed by atoms with Crippen LogP contribution in [0.4, 0.5) is 4.79 Å². The van der Waals surface area contributed by atoms with E-state index in [4.69, 9.17) is 0 Å². The van der Waals surface area contributed by atoms with E-state index in [1.165, 1.54) is 24.0 Å². The molecule has 1 aromatic heterocycles. The summed E-state index contributed by atoms with van der Waals surface area (Å²) in [5.74, 6) is 0.424. The van der Waals surface area contributed by atoms with Crippen molar-refractivity contribution in [2.75, 3.05) is 24.6 Å². The molecule has 0 unspecified atom stereocenters. The van der Waals surface area contributed by atoms with Crippen molar-refractivity contribution < 1.29 is 9.59 Å². The second-order valence-electron chi connectivity index (χ2n) is 8.43. The van der Waals surface area contributed by atoms with Gasteiger partial charge in [0.1, 0.15) is 0 Å². The summed E-state index contributed by atoms with van der Waals surface area (Å²) in [5, 5.41) is 6.13. The summed E-state index contributed by atoms with van der Waals surface area (Å²) in [7, 11) is 0. The predicted molar refractivity (Wildman–Crippen MR) is 125 cm³/mol. The van der Waals surface area contributed by atoms with Crippen LogP contribution in [0.5, 0.6) is 0 Å².